The lowest BCUT2D eigenvalue weighted by atomic mass is 9.97. The van der Waals surface area contributed by atoms with Gasteiger partial charge < -0.3 is 16.0 Å². The molecule has 0 unspecified atom stereocenters. The zero-order valence-corrected chi connectivity index (χ0v) is 16.4. The number of rotatable bonds is 5. The van der Waals surface area contributed by atoms with Crippen LogP contribution in [0.3, 0.4) is 0 Å². The third-order valence-corrected chi connectivity index (χ3v) is 5.03. The number of hydrogen-bond acceptors (Lipinski definition) is 4. The normalized spacial score (nSPS) is 16.9. The van der Waals surface area contributed by atoms with Gasteiger partial charge in [-0.2, -0.15) is 0 Å². The first kappa shape index (κ1) is 20.5. The molecule has 1 aromatic carbocycles. The molecule has 1 saturated heterocycles. The summed E-state index contributed by atoms with van der Waals surface area (Å²) in [4.78, 5) is 42.9. The highest BCUT2D eigenvalue weighted by molar-refractivity contribution is 6.31. The van der Waals surface area contributed by atoms with E-state index in [-0.39, 0.29) is 17.4 Å². The summed E-state index contributed by atoms with van der Waals surface area (Å²) < 4.78 is 0. The van der Waals surface area contributed by atoms with Crippen molar-refractivity contribution < 1.29 is 14.4 Å². The van der Waals surface area contributed by atoms with Crippen LogP contribution in [0.4, 0.5) is 0 Å². The number of primary amides is 1. The smallest absolute Gasteiger partial charge is 0.270 e. The lowest BCUT2D eigenvalue weighted by Gasteiger charge is -2.32. The van der Waals surface area contributed by atoms with Crippen molar-refractivity contribution in [3.05, 3.63) is 70.6 Å². The lowest BCUT2D eigenvalue weighted by Crippen LogP contribution is -2.46. The molecule has 150 valence electrons. The van der Waals surface area contributed by atoms with Crippen molar-refractivity contribution in [1.82, 2.24) is 15.2 Å². The average Bonchev–Trinajstić information content (AvgIpc) is 2.75. The van der Waals surface area contributed by atoms with E-state index in [9.17, 15) is 14.4 Å². The van der Waals surface area contributed by atoms with Crippen LogP contribution >= 0.6 is 11.6 Å². The van der Waals surface area contributed by atoms with Crippen molar-refractivity contribution in [2.24, 2.45) is 11.7 Å². The number of pyridine rings is 1. The van der Waals surface area contributed by atoms with E-state index in [1.807, 2.05) is 0 Å². The lowest BCUT2D eigenvalue weighted by molar-refractivity contribution is -0.131. The van der Waals surface area contributed by atoms with Gasteiger partial charge in [-0.1, -0.05) is 35.9 Å². The SMILES string of the molecule is NC(=O)[C@@H]1CCCN(C(=O)/C(=C/c2cccnc2Cl)NC(=O)c2ccccc2)C1. The summed E-state index contributed by atoms with van der Waals surface area (Å²) in [5.41, 5.74) is 6.38. The quantitative estimate of drug-likeness (QED) is 0.580. The zero-order valence-electron chi connectivity index (χ0n) is 15.7. The maximum Gasteiger partial charge on any atom is 0.270 e. The second-order valence-electron chi connectivity index (χ2n) is 6.75. The van der Waals surface area contributed by atoms with E-state index in [0.717, 1.165) is 0 Å². The first-order valence-electron chi connectivity index (χ1n) is 9.23. The second kappa shape index (κ2) is 9.34. The van der Waals surface area contributed by atoms with Gasteiger partial charge in [-0.05, 0) is 37.1 Å². The summed E-state index contributed by atoms with van der Waals surface area (Å²) in [7, 11) is 0. The number of nitrogens with zero attached hydrogens (tertiary/aromatic N) is 2. The molecule has 7 nitrogen and oxygen atoms in total. The van der Waals surface area contributed by atoms with E-state index in [0.29, 0.717) is 30.5 Å². The molecular formula is C21H21ClN4O3. The van der Waals surface area contributed by atoms with Crippen LogP contribution in [-0.2, 0) is 9.59 Å². The van der Waals surface area contributed by atoms with E-state index >= 15 is 0 Å². The molecule has 3 amide bonds. The van der Waals surface area contributed by atoms with E-state index in [2.05, 4.69) is 10.3 Å². The monoisotopic (exact) mass is 412 g/mol. The molecule has 0 radical (unpaired) electrons. The Kier molecular flexibility index (Phi) is 6.61. The molecule has 1 aliphatic rings. The summed E-state index contributed by atoms with van der Waals surface area (Å²) in [6.07, 6.45) is 4.33. The van der Waals surface area contributed by atoms with Crippen LogP contribution in [0.15, 0.2) is 54.4 Å². The van der Waals surface area contributed by atoms with Gasteiger partial charge in [0.25, 0.3) is 11.8 Å². The minimum atomic E-state index is -0.434. The van der Waals surface area contributed by atoms with Gasteiger partial charge in [0.1, 0.15) is 10.9 Å². The number of nitrogens with one attached hydrogen (secondary N) is 1. The number of amides is 3. The van der Waals surface area contributed by atoms with Gasteiger partial charge in [0.2, 0.25) is 5.91 Å². The molecule has 0 bridgehead atoms. The molecule has 2 aromatic rings. The molecule has 0 spiro atoms. The highest BCUT2D eigenvalue weighted by Crippen LogP contribution is 2.20. The number of aromatic nitrogens is 1. The van der Waals surface area contributed by atoms with Crippen LogP contribution in [0.1, 0.15) is 28.8 Å². The fraction of sp³-hybridized carbons (Fsp3) is 0.238. The average molecular weight is 413 g/mol. The van der Waals surface area contributed by atoms with Crippen LogP contribution < -0.4 is 11.1 Å². The minimum Gasteiger partial charge on any atom is -0.369 e. The predicted molar refractivity (Wildman–Crippen MR) is 110 cm³/mol. The van der Waals surface area contributed by atoms with Crippen LogP contribution in [0.25, 0.3) is 6.08 Å². The van der Waals surface area contributed by atoms with Crippen molar-refractivity contribution >= 4 is 35.4 Å². The third kappa shape index (κ3) is 5.20. The number of piperidine rings is 1. The van der Waals surface area contributed by atoms with Crippen LogP contribution in [0, 0.1) is 5.92 Å². The standard InChI is InChI=1S/C21H21ClN4O3/c22-18-15(8-4-10-24-18)12-17(25-20(28)14-6-2-1-3-7-14)21(29)26-11-5-9-16(13-26)19(23)27/h1-4,6-8,10,12,16H,5,9,11,13H2,(H2,23,27)(H,25,28)/b17-12-/t16-/m1/s1. The predicted octanol–water partition coefficient (Wildman–Crippen LogP) is 2.23. The highest BCUT2D eigenvalue weighted by Gasteiger charge is 2.29. The maximum atomic E-state index is 13.2. The molecule has 2 heterocycles. The number of hydrogen-bond donors (Lipinski definition) is 2. The molecule has 1 aliphatic heterocycles. The fourth-order valence-electron chi connectivity index (χ4n) is 3.16. The number of nitrogens with two attached hydrogens (primary N) is 1. The van der Waals surface area contributed by atoms with Gasteiger partial charge in [0, 0.05) is 30.4 Å². The minimum absolute atomic E-state index is 0.0545. The molecule has 1 fully saturated rings. The van der Waals surface area contributed by atoms with Crippen molar-refractivity contribution in [2.75, 3.05) is 13.1 Å². The molecule has 3 N–H and O–H groups in total. The van der Waals surface area contributed by atoms with E-state index in [1.165, 1.54) is 17.2 Å². The van der Waals surface area contributed by atoms with E-state index in [4.69, 9.17) is 17.3 Å². The zero-order chi connectivity index (χ0) is 20.8. The van der Waals surface area contributed by atoms with Crippen LogP contribution in [-0.4, -0.2) is 40.7 Å². The number of benzene rings is 1. The van der Waals surface area contributed by atoms with Crippen molar-refractivity contribution in [1.29, 1.82) is 0 Å². The maximum absolute atomic E-state index is 13.2. The molecule has 8 heteroatoms. The first-order chi connectivity index (χ1) is 14.0. The Hall–Kier alpha value is -3.19. The van der Waals surface area contributed by atoms with E-state index in [1.54, 1.807) is 42.5 Å². The van der Waals surface area contributed by atoms with Gasteiger partial charge in [0.15, 0.2) is 0 Å². The molecule has 0 aliphatic carbocycles. The van der Waals surface area contributed by atoms with Crippen molar-refractivity contribution in [2.45, 2.75) is 12.8 Å². The Morgan fingerprint density at radius 3 is 2.62 bits per heavy atom. The summed E-state index contributed by atoms with van der Waals surface area (Å²) in [6, 6.07) is 12.0. The highest BCUT2D eigenvalue weighted by atomic mass is 35.5. The van der Waals surface area contributed by atoms with Crippen LogP contribution in [0.2, 0.25) is 5.15 Å². The molecular weight excluding hydrogens is 392 g/mol. The Bertz CT molecular complexity index is 946. The third-order valence-electron chi connectivity index (χ3n) is 4.71. The number of carbonyl (C=O) groups excluding carboxylic acids is 3. The summed E-state index contributed by atoms with van der Waals surface area (Å²) in [5, 5.41) is 2.89. The molecule has 3 rings (SSSR count). The Morgan fingerprint density at radius 2 is 1.93 bits per heavy atom. The molecule has 1 atom stereocenters. The first-order valence-corrected chi connectivity index (χ1v) is 9.60. The summed E-state index contributed by atoms with van der Waals surface area (Å²) >= 11 is 6.12. The van der Waals surface area contributed by atoms with Gasteiger partial charge in [-0.3, -0.25) is 14.4 Å². The van der Waals surface area contributed by atoms with Gasteiger partial charge in [0.05, 0.1) is 5.92 Å². The van der Waals surface area contributed by atoms with Crippen molar-refractivity contribution in [3.63, 3.8) is 0 Å². The molecule has 1 aromatic heterocycles. The fourth-order valence-corrected chi connectivity index (χ4v) is 3.34. The Labute approximate surface area is 173 Å². The van der Waals surface area contributed by atoms with Gasteiger partial charge in [-0.15, -0.1) is 0 Å². The topological polar surface area (TPSA) is 105 Å². The second-order valence-corrected chi connectivity index (χ2v) is 7.11. The number of carbonyl (C=O) groups is 3. The largest absolute Gasteiger partial charge is 0.369 e. The van der Waals surface area contributed by atoms with Crippen LogP contribution in [0.5, 0.6) is 0 Å². The Balaban J connectivity index is 1.90. The van der Waals surface area contributed by atoms with Gasteiger partial charge in [-0.25, -0.2) is 4.98 Å². The van der Waals surface area contributed by atoms with Gasteiger partial charge >= 0.3 is 0 Å². The number of likely N-dealkylation sites (tertiary alicyclic amines) is 1. The van der Waals surface area contributed by atoms with Crippen molar-refractivity contribution in [3.8, 4) is 0 Å². The molecule has 0 saturated carbocycles. The molecule has 29 heavy (non-hydrogen) atoms. The summed E-state index contributed by atoms with van der Waals surface area (Å²) in [5.74, 6) is -1.66. The Morgan fingerprint density at radius 1 is 1.17 bits per heavy atom. The number of halogens is 1. The summed E-state index contributed by atoms with van der Waals surface area (Å²) in [6.45, 7) is 0.690. The van der Waals surface area contributed by atoms with E-state index < -0.39 is 23.6 Å².